The molecule has 3 N–H and O–H groups in total. The molecule has 0 heterocycles. The summed E-state index contributed by atoms with van der Waals surface area (Å²) in [6.07, 6.45) is 0.364. The molecule has 0 aromatic carbocycles. The van der Waals surface area contributed by atoms with Gasteiger partial charge in [0.15, 0.2) is 0 Å². The number of aliphatic hydroxyl groups excluding tert-OH is 2. The van der Waals surface area contributed by atoms with Crippen molar-refractivity contribution in [2.45, 2.75) is 18.9 Å². The van der Waals surface area contributed by atoms with E-state index in [0.29, 0.717) is 13.0 Å². The minimum Gasteiger partial charge on any atom is -0.394 e. The van der Waals surface area contributed by atoms with Crippen LogP contribution in [0.25, 0.3) is 0 Å². The average Bonchev–Trinajstić information content (AvgIpc) is 2.17. The normalized spacial score (nSPS) is 11.5. The Morgan fingerprint density at radius 1 is 1.36 bits per heavy atom. The predicted octanol–water partition coefficient (Wildman–Crippen LogP) is -1.20. The minimum absolute atomic E-state index is 0.0238. The molecule has 0 aromatic rings. The van der Waals surface area contributed by atoms with Gasteiger partial charge in [-0.15, -0.1) is 0 Å². The fourth-order valence-corrected chi connectivity index (χ4v) is 0.857. The van der Waals surface area contributed by atoms with Crippen molar-refractivity contribution < 1.29 is 15.0 Å². The first-order chi connectivity index (χ1) is 6.45. The maximum atomic E-state index is 11.2. The van der Waals surface area contributed by atoms with Crippen molar-refractivity contribution in [3.8, 4) is 0 Å². The lowest BCUT2D eigenvalue weighted by atomic mass is 10.1. The van der Waals surface area contributed by atoms with Crippen LogP contribution in [0.2, 0.25) is 0 Å². The fourth-order valence-electron chi connectivity index (χ4n) is 0.857. The van der Waals surface area contributed by atoms with Crippen molar-refractivity contribution in [1.82, 2.24) is 10.2 Å². The van der Waals surface area contributed by atoms with Gasteiger partial charge in [-0.25, -0.2) is 0 Å². The molecule has 84 valence electrons. The van der Waals surface area contributed by atoms with Gasteiger partial charge in [-0.1, -0.05) is 0 Å². The Bertz CT molecular complexity index is 179. The molecular formula is C9H20N2O3. The van der Waals surface area contributed by atoms with Crippen LogP contribution in [0.4, 0.5) is 0 Å². The standard InChI is InChI=1S/C9H20N2O3/c1-9(6-12,7-13)10-5-4-8(14)11(2)3/h10,12-13H,4-7H2,1-3H3. The van der Waals surface area contributed by atoms with Crippen molar-refractivity contribution in [2.24, 2.45) is 0 Å². The largest absolute Gasteiger partial charge is 0.394 e. The van der Waals surface area contributed by atoms with Crippen LogP contribution in [-0.4, -0.2) is 60.4 Å². The second-order valence-corrected chi connectivity index (χ2v) is 3.84. The summed E-state index contributed by atoms with van der Waals surface area (Å²) in [5.74, 6) is 0.0238. The van der Waals surface area contributed by atoms with Gasteiger partial charge in [0.2, 0.25) is 5.91 Å². The molecular weight excluding hydrogens is 184 g/mol. The zero-order chi connectivity index (χ0) is 11.2. The molecule has 0 radical (unpaired) electrons. The molecule has 5 nitrogen and oxygen atoms in total. The van der Waals surface area contributed by atoms with E-state index in [1.807, 2.05) is 0 Å². The molecule has 0 aliphatic rings. The molecule has 0 atom stereocenters. The van der Waals surface area contributed by atoms with E-state index < -0.39 is 5.54 Å². The van der Waals surface area contributed by atoms with Crippen molar-refractivity contribution >= 4 is 5.91 Å². The molecule has 0 saturated carbocycles. The van der Waals surface area contributed by atoms with Crippen LogP contribution in [-0.2, 0) is 4.79 Å². The van der Waals surface area contributed by atoms with Crippen LogP contribution >= 0.6 is 0 Å². The Morgan fingerprint density at radius 3 is 2.21 bits per heavy atom. The van der Waals surface area contributed by atoms with Crippen LogP contribution in [0, 0.1) is 0 Å². The van der Waals surface area contributed by atoms with Crippen molar-refractivity contribution in [2.75, 3.05) is 33.9 Å². The second-order valence-electron chi connectivity index (χ2n) is 3.84. The highest BCUT2D eigenvalue weighted by Crippen LogP contribution is 2.00. The van der Waals surface area contributed by atoms with Gasteiger partial charge in [0.25, 0.3) is 0 Å². The summed E-state index contributed by atoms with van der Waals surface area (Å²) in [5.41, 5.74) is -0.702. The van der Waals surface area contributed by atoms with E-state index in [2.05, 4.69) is 5.32 Å². The topological polar surface area (TPSA) is 72.8 Å². The SMILES string of the molecule is CN(C)C(=O)CCNC(C)(CO)CO. The van der Waals surface area contributed by atoms with E-state index in [-0.39, 0.29) is 19.1 Å². The third kappa shape index (κ3) is 4.55. The molecule has 0 aliphatic carbocycles. The Hall–Kier alpha value is -0.650. The first-order valence-corrected chi connectivity index (χ1v) is 4.62. The lowest BCUT2D eigenvalue weighted by molar-refractivity contribution is -0.128. The van der Waals surface area contributed by atoms with E-state index >= 15 is 0 Å². The molecule has 0 spiro atoms. The summed E-state index contributed by atoms with van der Waals surface area (Å²) in [6, 6.07) is 0. The van der Waals surface area contributed by atoms with E-state index in [0.717, 1.165) is 0 Å². The molecule has 0 fully saturated rings. The Morgan fingerprint density at radius 2 is 1.86 bits per heavy atom. The first-order valence-electron chi connectivity index (χ1n) is 4.62. The number of nitrogens with zero attached hydrogens (tertiary/aromatic N) is 1. The van der Waals surface area contributed by atoms with Crippen molar-refractivity contribution in [1.29, 1.82) is 0 Å². The van der Waals surface area contributed by atoms with Gasteiger partial charge in [0.1, 0.15) is 0 Å². The number of hydrogen-bond donors (Lipinski definition) is 3. The van der Waals surface area contributed by atoms with E-state index in [4.69, 9.17) is 10.2 Å². The Labute approximate surface area is 84.7 Å². The van der Waals surface area contributed by atoms with Crippen molar-refractivity contribution in [3.05, 3.63) is 0 Å². The highest BCUT2D eigenvalue weighted by molar-refractivity contribution is 5.75. The number of aliphatic hydroxyl groups is 2. The molecule has 14 heavy (non-hydrogen) atoms. The fraction of sp³-hybridized carbons (Fsp3) is 0.889. The van der Waals surface area contributed by atoms with Crippen LogP contribution in [0.5, 0.6) is 0 Å². The number of hydrogen-bond acceptors (Lipinski definition) is 4. The van der Waals surface area contributed by atoms with E-state index in [1.54, 1.807) is 21.0 Å². The first kappa shape index (κ1) is 13.4. The average molecular weight is 204 g/mol. The zero-order valence-electron chi connectivity index (χ0n) is 9.08. The maximum absolute atomic E-state index is 11.2. The third-order valence-electron chi connectivity index (χ3n) is 2.09. The van der Waals surface area contributed by atoms with Gasteiger partial charge in [-0.05, 0) is 6.92 Å². The quantitative estimate of drug-likeness (QED) is 0.508. The summed E-state index contributed by atoms with van der Waals surface area (Å²) < 4.78 is 0. The van der Waals surface area contributed by atoms with Gasteiger partial charge in [-0.2, -0.15) is 0 Å². The van der Waals surface area contributed by atoms with Gasteiger partial charge >= 0.3 is 0 Å². The molecule has 0 aromatic heterocycles. The lowest BCUT2D eigenvalue weighted by Crippen LogP contribution is -2.49. The second kappa shape index (κ2) is 5.95. The number of carbonyl (C=O) groups is 1. The number of carbonyl (C=O) groups excluding carboxylic acids is 1. The Balaban J connectivity index is 3.78. The molecule has 5 heteroatoms. The maximum Gasteiger partial charge on any atom is 0.223 e. The minimum atomic E-state index is -0.702. The molecule has 0 unspecified atom stereocenters. The van der Waals surface area contributed by atoms with Gasteiger partial charge in [0.05, 0.1) is 18.8 Å². The predicted molar refractivity (Wildman–Crippen MR) is 53.9 cm³/mol. The van der Waals surface area contributed by atoms with Gasteiger partial charge in [0, 0.05) is 27.1 Å². The number of nitrogens with one attached hydrogen (secondary N) is 1. The van der Waals surface area contributed by atoms with Gasteiger partial charge < -0.3 is 20.4 Å². The van der Waals surface area contributed by atoms with Crippen LogP contribution < -0.4 is 5.32 Å². The highest BCUT2D eigenvalue weighted by atomic mass is 16.3. The van der Waals surface area contributed by atoms with Crippen LogP contribution in [0.1, 0.15) is 13.3 Å². The Kier molecular flexibility index (Phi) is 5.68. The molecule has 1 amide bonds. The summed E-state index contributed by atoms with van der Waals surface area (Å²) >= 11 is 0. The number of amides is 1. The third-order valence-corrected chi connectivity index (χ3v) is 2.09. The monoisotopic (exact) mass is 204 g/mol. The van der Waals surface area contributed by atoms with Gasteiger partial charge in [-0.3, -0.25) is 4.79 Å². The number of rotatable bonds is 6. The smallest absolute Gasteiger partial charge is 0.223 e. The van der Waals surface area contributed by atoms with Crippen molar-refractivity contribution in [3.63, 3.8) is 0 Å². The molecule has 0 rings (SSSR count). The molecule has 0 saturated heterocycles. The molecule has 0 aliphatic heterocycles. The van der Waals surface area contributed by atoms with Crippen LogP contribution in [0.15, 0.2) is 0 Å². The summed E-state index contributed by atoms with van der Waals surface area (Å²) in [6.45, 7) is 1.85. The summed E-state index contributed by atoms with van der Waals surface area (Å²) in [7, 11) is 3.39. The summed E-state index contributed by atoms with van der Waals surface area (Å²) in [4.78, 5) is 12.7. The lowest BCUT2D eigenvalue weighted by Gasteiger charge is -2.26. The van der Waals surface area contributed by atoms with Crippen LogP contribution in [0.3, 0.4) is 0 Å². The molecule has 0 bridgehead atoms. The van der Waals surface area contributed by atoms with E-state index in [1.165, 1.54) is 4.90 Å². The zero-order valence-corrected chi connectivity index (χ0v) is 9.08. The van der Waals surface area contributed by atoms with E-state index in [9.17, 15) is 4.79 Å². The summed E-state index contributed by atoms with van der Waals surface area (Å²) in [5, 5.41) is 20.8. The highest BCUT2D eigenvalue weighted by Gasteiger charge is 2.21.